The van der Waals surface area contributed by atoms with Crippen LogP contribution in [0.1, 0.15) is 34.5 Å². The Morgan fingerprint density at radius 2 is 1.74 bits per heavy atom. The van der Waals surface area contributed by atoms with Crippen LogP contribution in [-0.2, 0) is 12.8 Å². The Bertz CT molecular complexity index is 1570. The van der Waals surface area contributed by atoms with Gasteiger partial charge in [-0.1, -0.05) is 0 Å². The number of rotatable bonds is 7. The molecule has 1 aliphatic rings. The highest BCUT2D eigenvalue weighted by atomic mass is 19.1. The van der Waals surface area contributed by atoms with Crippen LogP contribution in [0.4, 0.5) is 27.1 Å². The summed E-state index contributed by atoms with van der Waals surface area (Å²) in [6, 6.07) is 14.0. The molecular weight excluding hydrogens is 491 g/mol. The largest absolute Gasteiger partial charge is 0.493 e. The van der Waals surface area contributed by atoms with Crippen molar-refractivity contribution >= 4 is 39.6 Å². The predicted molar refractivity (Wildman–Crippen MR) is 142 cm³/mol. The van der Waals surface area contributed by atoms with Crippen molar-refractivity contribution in [3.05, 3.63) is 87.3 Å². The number of aromatic nitrogens is 1. The summed E-state index contributed by atoms with van der Waals surface area (Å²) in [4.78, 5) is 28.0. The Balaban J connectivity index is 1.54. The standard InChI is InChI=1S/C28H25FN4O5/c1-37-25-12-9-18(15-26(25)38-2)30-27-19-5-3-4-6-22(19)32-23-11-8-17(14-20(23)27)31-28(34)16-7-10-21(29)24(13-16)33(35)36/h7-15H,3-6H2,1-2H3,(H,30,32)(H,31,34). The normalized spacial score (nSPS) is 12.5. The molecule has 0 bridgehead atoms. The molecule has 0 saturated carbocycles. The molecule has 10 heteroatoms. The maximum Gasteiger partial charge on any atom is 0.305 e. The van der Waals surface area contributed by atoms with Gasteiger partial charge in [0.25, 0.3) is 5.91 Å². The van der Waals surface area contributed by atoms with Crippen LogP contribution in [0.5, 0.6) is 11.5 Å². The summed E-state index contributed by atoms with van der Waals surface area (Å²) in [5.41, 5.74) is 4.32. The lowest BCUT2D eigenvalue weighted by molar-refractivity contribution is -0.387. The van der Waals surface area contributed by atoms with Crippen LogP contribution in [0.15, 0.2) is 54.6 Å². The number of carbonyl (C=O) groups is 1. The van der Waals surface area contributed by atoms with Gasteiger partial charge in [0.05, 0.1) is 30.3 Å². The molecule has 1 amide bonds. The van der Waals surface area contributed by atoms with Gasteiger partial charge in [0.15, 0.2) is 11.5 Å². The van der Waals surface area contributed by atoms with Gasteiger partial charge in [-0.3, -0.25) is 19.9 Å². The van der Waals surface area contributed by atoms with E-state index in [0.717, 1.165) is 71.4 Å². The Labute approximate surface area is 217 Å². The molecule has 0 atom stereocenters. The molecule has 1 aliphatic carbocycles. The van der Waals surface area contributed by atoms with E-state index in [4.69, 9.17) is 14.5 Å². The van der Waals surface area contributed by atoms with Crippen molar-refractivity contribution < 1.29 is 23.6 Å². The quantitative estimate of drug-likeness (QED) is 0.223. The first-order chi connectivity index (χ1) is 18.4. The van der Waals surface area contributed by atoms with Crippen LogP contribution in [-0.4, -0.2) is 30.0 Å². The minimum absolute atomic E-state index is 0.0227. The monoisotopic (exact) mass is 516 g/mol. The number of nitrogens with one attached hydrogen (secondary N) is 2. The van der Waals surface area contributed by atoms with E-state index in [1.807, 2.05) is 30.3 Å². The molecule has 1 heterocycles. The van der Waals surface area contributed by atoms with E-state index >= 15 is 0 Å². The smallest absolute Gasteiger partial charge is 0.305 e. The van der Waals surface area contributed by atoms with Gasteiger partial charge in [-0.2, -0.15) is 4.39 Å². The molecule has 0 unspecified atom stereocenters. The highest BCUT2D eigenvalue weighted by Crippen LogP contribution is 2.38. The molecule has 38 heavy (non-hydrogen) atoms. The van der Waals surface area contributed by atoms with Crippen LogP contribution in [0.3, 0.4) is 0 Å². The van der Waals surface area contributed by atoms with Crippen LogP contribution < -0.4 is 20.1 Å². The number of anilines is 3. The summed E-state index contributed by atoms with van der Waals surface area (Å²) < 4.78 is 24.6. The Morgan fingerprint density at radius 1 is 0.974 bits per heavy atom. The number of fused-ring (bicyclic) bond motifs is 2. The van der Waals surface area contributed by atoms with E-state index in [9.17, 15) is 19.3 Å². The minimum Gasteiger partial charge on any atom is -0.493 e. The zero-order valence-corrected chi connectivity index (χ0v) is 20.8. The van der Waals surface area contributed by atoms with Crippen molar-refractivity contribution in [2.45, 2.75) is 25.7 Å². The summed E-state index contributed by atoms with van der Waals surface area (Å²) in [7, 11) is 3.16. The summed E-state index contributed by atoms with van der Waals surface area (Å²) in [6.07, 6.45) is 3.86. The van der Waals surface area contributed by atoms with Crippen molar-refractivity contribution in [1.29, 1.82) is 0 Å². The van der Waals surface area contributed by atoms with Gasteiger partial charge in [-0.05, 0) is 73.7 Å². The number of ether oxygens (including phenoxy) is 2. The molecule has 0 radical (unpaired) electrons. The molecule has 0 fully saturated rings. The third-order valence-electron chi connectivity index (χ3n) is 6.58. The van der Waals surface area contributed by atoms with E-state index < -0.39 is 22.3 Å². The van der Waals surface area contributed by atoms with E-state index in [1.54, 1.807) is 20.3 Å². The molecule has 194 valence electrons. The number of methoxy groups -OCH3 is 2. The Kier molecular flexibility index (Phi) is 6.78. The number of amides is 1. The molecule has 3 aromatic carbocycles. The fourth-order valence-corrected chi connectivity index (χ4v) is 4.70. The second kappa shape index (κ2) is 10.3. The lowest BCUT2D eigenvalue weighted by Gasteiger charge is -2.22. The fourth-order valence-electron chi connectivity index (χ4n) is 4.70. The van der Waals surface area contributed by atoms with Crippen LogP contribution >= 0.6 is 0 Å². The van der Waals surface area contributed by atoms with Crippen LogP contribution in [0.2, 0.25) is 0 Å². The number of hydrogen-bond donors (Lipinski definition) is 2. The molecule has 5 rings (SSSR count). The van der Waals surface area contributed by atoms with Gasteiger partial charge < -0.3 is 20.1 Å². The van der Waals surface area contributed by atoms with Crippen molar-refractivity contribution in [3.63, 3.8) is 0 Å². The Morgan fingerprint density at radius 3 is 2.50 bits per heavy atom. The van der Waals surface area contributed by atoms with Gasteiger partial charge in [0.2, 0.25) is 5.82 Å². The maximum atomic E-state index is 13.7. The van der Waals surface area contributed by atoms with Gasteiger partial charge in [-0.25, -0.2) is 0 Å². The van der Waals surface area contributed by atoms with E-state index in [1.165, 1.54) is 6.07 Å². The van der Waals surface area contributed by atoms with Gasteiger partial charge in [-0.15, -0.1) is 0 Å². The zero-order valence-electron chi connectivity index (χ0n) is 20.8. The first kappa shape index (κ1) is 24.9. The average Bonchev–Trinajstić information content (AvgIpc) is 2.93. The highest BCUT2D eigenvalue weighted by Gasteiger charge is 2.21. The molecule has 2 N–H and O–H groups in total. The number of carbonyl (C=O) groups excluding carboxylic acids is 1. The number of nitrogens with zero attached hydrogens (tertiary/aromatic N) is 2. The van der Waals surface area contributed by atoms with Crippen molar-refractivity contribution in [3.8, 4) is 11.5 Å². The molecule has 9 nitrogen and oxygen atoms in total. The molecule has 0 aliphatic heterocycles. The van der Waals surface area contributed by atoms with E-state index in [2.05, 4.69) is 10.6 Å². The molecule has 4 aromatic rings. The molecule has 0 saturated heterocycles. The number of benzene rings is 3. The number of aryl methyl sites for hydroxylation is 1. The lowest BCUT2D eigenvalue weighted by Crippen LogP contribution is -2.13. The molecule has 1 aromatic heterocycles. The minimum atomic E-state index is -1.00. The first-order valence-electron chi connectivity index (χ1n) is 12.1. The number of halogens is 1. The summed E-state index contributed by atoms with van der Waals surface area (Å²) in [6.45, 7) is 0. The molecular formula is C28H25FN4O5. The average molecular weight is 517 g/mol. The van der Waals surface area contributed by atoms with Gasteiger partial charge in [0, 0.05) is 40.2 Å². The number of nitro groups is 1. The number of nitro benzene ring substituents is 1. The third kappa shape index (κ3) is 4.80. The van der Waals surface area contributed by atoms with Crippen LogP contribution in [0.25, 0.3) is 10.9 Å². The summed E-state index contributed by atoms with van der Waals surface area (Å²) in [5.74, 6) is -0.386. The predicted octanol–water partition coefficient (Wildman–Crippen LogP) is 6.17. The SMILES string of the molecule is COc1ccc(Nc2c3c(nc4ccc(NC(=O)c5ccc(F)c([N+](=O)[O-])c5)cc24)CCCC3)cc1OC. The summed E-state index contributed by atoms with van der Waals surface area (Å²) in [5, 5.41) is 18.2. The second-order valence-corrected chi connectivity index (χ2v) is 8.92. The molecule has 0 spiro atoms. The number of hydrogen-bond acceptors (Lipinski definition) is 7. The summed E-state index contributed by atoms with van der Waals surface area (Å²) >= 11 is 0. The maximum absolute atomic E-state index is 13.7. The number of pyridine rings is 1. The van der Waals surface area contributed by atoms with E-state index in [-0.39, 0.29) is 5.56 Å². The Hall–Kier alpha value is -4.73. The van der Waals surface area contributed by atoms with Crippen LogP contribution in [0, 0.1) is 15.9 Å². The van der Waals surface area contributed by atoms with E-state index in [0.29, 0.717) is 17.2 Å². The first-order valence-corrected chi connectivity index (χ1v) is 12.1. The lowest BCUT2D eigenvalue weighted by atomic mass is 9.92. The third-order valence-corrected chi connectivity index (χ3v) is 6.58. The topological polar surface area (TPSA) is 116 Å². The fraction of sp³-hybridized carbons (Fsp3) is 0.214. The van der Waals surface area contributed by atoms with Gasteiger partial charge >= 0.3 is 5.69 Å². The zero-order chi connectivity index (χ0) is 26.8. The highest BCUT2D eigenvalue weighted by molar-refractivity contribution is 6.06. The van der Waals surface area contributed by atoms with Crippen molar-refractivity contribution in [2.24, 2.45) is 0 Å². The second-order valence-electron chi connectivity index (χ2n) is 8.92. The van der Waals surface area contributed by atoms with Gasteiger partial charge in [0.1, 0.15) is 0 Å². The van der Waals surface area contributed by atoms with Crippen molar-refractivity contribution in [1.82, 2.24) is 4.98 Å². The van der Waals surface area contributed by atoms with Crippen molar-refractivity contribution in [2.75, 3.05) is 24.9 Å².